The van der Waals surface area contributed by atoms with E-state index in [-0.39, 0.29) is 5.54 Å². The molecule has 21 heavy (non-hydrogen) atoms. The van der Waals surface area contributed by atoms with Gasteiger partial charge in [-0.3, -0.25) is 0 Å². The highest BCUT2D eigenvalue weighted by atomic mass is 35.5. The van der Waals surface area contributed by atoms with Gasteiger partial charge in [-0.1, -0.05) is 44.5 Å². The van der Waals surface area contributed by atoms with Crippen LogP contribution in [-0.2, 0) is 0 Å². The van der Waals surface area contributed by atoms with Gasteiger partial charge in [0, 0.05) is 10.6 Å². The van der Waals surface area contributed by atoms with E-state index in [1.807, 2.05) is 0 Å². The highest BCUT2D eigenvalue weighted by Gasteiger charge is 2.38. The van der Waals surface area contributed by atoms with Gasteiger partial charge in [0.1, 0.15) is 0 Å². The highest BCUT2D eigenvalue weighted by molar-refractivity contribution is 6.31. The Morgan fingerprint density at radius 2 is 1.81 bits per heavy atom. The maximum absolute atomic E-state index is 6.37. The molecule has 1 aromatic rings. The van der Waals surface area contributed by atoms with E-state index in [2.05, 4.69) is 70.2 Å². The van der Waals surface area contributed by atoms with Crippen molar-refractivity contribution in [2.45, 2.75) is 58.5 Å². The van der Waals surface area contributed by atoms with E-state index in [9.17, 15) is 0 Å². The van der Waals surface area contributed by atoms with E-state index < -0.39 is 0 Å². The second kappa shape index (κ2) is 8.17. The Morgan fingerprint density at radius 1 is 1.19 bits per heavy atom. The molecule has 0 bridgehead atoms. The third-order valence-corrected chi connectivity index (χ3v) is 5.19. The number of nitrogens with zero attached hydrogens (tertiary/aromatic N) is 1. The van der Waals surface area contributed by atoms with Crippen molar-refractivity contribution in [2.75, 3.05) is 20.6 Å². The topological polar surface area (TPSA) is 15.3 Å². The molecular formula is C18H31ClN2. The van der Waals surface area contributed by atoms with Gasteiger partial charge >= 0.3 is 0 Å². The van der Waals surface area contributed by atoms with Crippen LogP contribution in [0.1, 0.15) is 57.2 Å². The van der Waals surface area contributed by atoms with E-state index in [1.165, 1.54) is 5.56 Å². The van der Waals surface area contributed by atoms with Crippen LogP contribution in [0.2, 0.25) is 5.02 Å². The van der Waals surface area contributed by atoms with Crippen LogP contribution in [0.5, 0.6) is 0 Å². The first kappa shape index (κ1) is 18.5. The lowest BCUT2D eigenvalue weighted by molar-refractivity contribution is 0.0881. The van der Waals surface area contributed by atoms with E-state index >= 15 is 0 Å². The second-order valence-electron chi connectivity index (χ2n) is 6.10. The first-order valence-corrected chi connectivity index (χ1v) is 8.47. The number of likely N-dealkylation sites (N-methyl/N-ethyl adjacent to an activating group) is 1. The van der Waals surface area contributed by atoms with Gasteiger partial charge in [-0.25, -0.2) is 0 Å². The smallest absolute Gasteiger partial charge is 0.0507 e. The number of benzene rings is 1. The van der Waals surface area contributed by atoms with Crippen LogP contribution < -0.4 is 5.32 Å². The summed E-state index contributed by atoms with van der Waals surface area (Å²) in [6.07, 6.45) is 3.33. The standard InChI is InChI=1S/C18H31ClN2/c1-7-12-20-17(18(8-2,9-3)21(5)6)15-11-10-14(4)16(19)13-15/h10-11,13,17,20H,7-9,12H2,1-6H3. The monoisotopic (exact) mass is 310 g/mol. The molecule has 120 valence electrons. The van der Waals surface area contributed by atoms with E-state index in [1.54, 1.807) is 0 Å². The number of aryl methyl sites for hydroxylation is 1. The second-order valence-corrected chi connectivity index (χ2v) is 6.51. The van der Waals surface area contributed by atoms with Crippen molar-refractivity contribution in [1.29, 1.82) is 0 Å². The normalized spacial score (nSPS) is 13.7. The molecule has 0 amide bonds. The molecule has 0 fully saturated rings. The van der Waals surface area contributed by atoms with Crippen LogP contribution >= 0.6 is 11.6 Å². The average molecular weight is 311 g/mol. The van der Waals surface area contributed by atoms with Crippen molar-refractivity contribution in [3.63, 3.8) is 0 Å². The van der Waals surface area contributed by atoms with Crippen LogP contribution in [0.15, 0.2) is 18.2 Å². The molecule has 1 N–H and O–H groups in total. The van der Waals surface area contributed by atoms with Gasteiger partial charge in [0.15, 0.2) is 0 Å². The Kier molecular flexibility index (Phi) is 7.19. The molecule has 1 unspecified atom stereocenters. The van der Waals surface area contributed by atoms with Crippen LogP contribution in [-0.4, -0.2) is 31.1 Å². The van der Waals surface area contributed by atoms with Crippen LogP contribution in [0.25, 0.3) is 0 Å². The molecule has 3 heteroatoms. The van der Waals surface area contributed by atoms with Gasteiger partial charge in [0.05, 0.1) is 6.04 Å². The lowest BCUT2D eigenvalue weighted by Gasteiger charge is -2.46. The van der Waals surface area contributed by atoms with Crippen molar-refractivity contribution >= 4 is 11.6 Å². The molecule has 2 nitrogen and oxygen atoms in total. The molecule has 0 spiro atoms. The highest BCUT2D eigenvalue weighted by Crippen LogP contribution is 2.37. The molecule has 0 aliphatic heterocycles. The van der Waals surface area contributed by atoms with Crippen molar-refractivity contribution < 1.29 is 0 Å². The largest absolute Gasteiger partial charge is 0.308 e. The SMILES string of the molecule is CCCNC(c1ccc(C)c(Cl)c1)C(CC)(CC)N(C)C. The fourth-order valence-corrected chi connectivity index (χ4v) is 3.43. The fraction of sp³-hybridized carbons (Fsp3) is 0.667. The molecule has 0 radical (unpaired) electrons. The zero-order valence-corrected chi connectivity index (χ0v) is 15.2. The molecule has 0 aliphatic rings. The zero-order chi connectivity index (χ0) is 16.0. The first-order chi connectivity index (χ1) is 9.92. The minimum atomic E-state index is 0.105. The molecule has 0 heterocycles. The third-order valence-electron chi connectivity index (χ3n) is 4.78. The molecule has 0 saturated heterocycles. The molecule has 1 rings (SSSR count). The lowest BCUT2D eigenvalue weighted by Crippen LogP contribution is -2.53. The summed E-state index contributed by atoms with van der Waals surface area (Å²) in [4.78, 5) is 2.37. The van der Waals surface area contributed by atoms with Gasteiger partial charge in [-0.2, -0.15) is 0 Å². The maximum atomic E-state index is 6.37. The van der Waals surface area contributed by atoms with Crippen molar-refractivity contribution in [1.82, 2.24) is 10.2 Å². The van der Waals surface area contributed by atoms with Gasteiger partial charge in [-0.05, 0) is 64.0 Å². The minimum Gasteiger partial charge on any atom is -0.308 e. The predicted molar refractivity (Wildman–Crippen MR) is 94.2 cm³/mol. The number of rotatable bonds is 8. The number of hydrogen-bond donors (Lipinski definition) is 1. The minimum absolute atomic E-state index is 0.105. The average Bonchev–Trinajstić information content (AvgIpc) is 2.46. The van der Waals surface area contributed by atoms with Crippen LogP contribution in [0.4, 0.5) is 0 Å². The third kappa shape index (κ3) is 4.00. The van der Waals surface area contributed by atoms with Crippen molar-refractivity contribution in [3.05, 3.63) is 34.3 Å². The molecule has 1 aromatic carbocycles. The van der Waals surface area contributed by atoms with E-state index in [4.69, 9.17) is 11.6 Å². The summed E-state index contributed by atoms with van der Waals surface area (Å²) in [5.41, 5.74) is 2.53. The van der Waals surface area contributed by atoms with Gasteiger partial charge in [-0.15, -0.1) is 0 Å². The summed E-state index contributed by atoms with van der Waals surface area (Å²) in [5.74, 6) is 0. The van der Waals surface area contributed by atoms with Gasteiger partial charge in [0.2, 0.25) is 0 Å². The number of hydrogen-bond acceptors (Lipinski definition) is 2. The molecule has 1 atom stereocenters. The quantitative estimate of drug-likeness (QED) is 0.741. The van der Waals surface area contributed by atoms with E-state index in [0.29, 0.717) is 6.04 Å². The van der Waals surface area contributed by atoms with Crippen molar-refractivity contribution in [2.24, 2.45) is 0 Å². The van der Waals surface area contributed by atoms with E-state index in [0.717, 1.165) is 36.4 Å². The summed E-state index contributed by atoms with van der Waals surface area (Å²) in [6.45, 7) is 9.84. The summed E-state index contributed by atoms with van der Waals surface area (Å²) < 4.78 is 0. The summed E-state index contributed by atoms with van der Waals surface area (Å²) in [5, 5.41) is 4.61. The Balaban J connectivity index is 3.28. The van der Waals surface area contributed by atoms with Gasteiger partial charge in [0.25, 0.3) is 0 Å². The maximum Gasteiger partial charge on any atom is 0.0507 e. The lowest BCUT2D eigenvalue weighted by atomic mass is 9.79. The van der Waals surface area contributed by atoms with Gasteiger partial charge < -0.3 is 10.2 Å². The predicted octanol–water partition coefficient (Wildman–Crippen LogP) is 4.81. The summed E-state index contributed by atoms with van der Waals surface area (Å²) >= 11 is 6.37. The van der Waals surface area contributed by atoms with Crippen LogP contribution in [0.3, 0.4) is 0 Å². The zero-order valence-electron chi connectivity index (χ0n) is 14.5. The fourth-order valence-electron chi connectivity index (χ4n) is 3.24. The summed E-state index contributed by atoms with van der Waals surface area (Å²) in [6, 6.07) is 6.77. The molecule has 0 saturated carbocycles. The first-order valence-electron chi connectivity index (χ1n) is 8.09. The number of halogens is 1. The van der Waals surface area contributed by atoms with Crippen molar-refractivity contribution in [3.8, 4) is 0 Å². The molecule has 0 aromatic heterocycles. The molecular weight excluding hydrogens is 280 g/mol. The number of nitrogens with one attached hydrogen (secondary N) is 1. The molecule has 0 aliphatic carbocycles. The Hall–Kier alpha value is -0.570. The summed E-state index contributed by atoms with van der Waals surface area (Å²) in [7, 11) is 4.37. The Labute approximate surface area is 135 Å². The Bertz CT molecular complexity index is 439. The Morgan fingerprint density at radius 3 is 2.24 bits per heavy atom. The van der Waals surface area contributed by atoms with Crippen LogP contribution in [0, 0.1) is 6.92 Å².